The molecular weight excluding hydrogens is 190 g/mol. The zero-order valence-electron chi connectivity index (χ0n) is 10.5. The largest absolute Gasteiger partial charge is 0.466 e. The molecule has 3 heteroatoms. The van der Waals surface area contributed by atoms with E-state index in [-0.39, 0.29) is 5.97 Å². The Morgan fingerprint density at radius 1 is 1.27 bits per heavy atom. The summed E-state index contributed by atoms with van der Waals surface area (Å²) in [6.07, 6.45) is 2.57. The van der Waals surface area contributed by atoms with Crippen LogP contribution in [0.5, 0.6) is 0 Å². The Hall–Kier alpha value is -0.570. The maximum absolute atomic E-state index is 11.2. The summed E-state index contributed by atoms with van der Waals surface area (Å²) in [6, 6.07) is 0.429. The van der Waals surface area contributed by atoms with Crippen LogP contribution in [-0.4, -0.2) is 25.2 Å². The van der Waals surface area contributed by atoms with Crippen LogP contribution in [0.1, 0.15) is 47.0 Å². The number of nitrogens with one attached hydrogen (secondary N) is 1. The lowest BCUT2D eigenvalue weighted by Crippen LogP contribution is -2.26. The van der Waals surface area contributed by atoms with Crippen LogP contribution in [0.4, 0.5) is 0 Å². The van der Waals surface area contributed by atoms with Crippen molar-refractivity contribution in [2.24, 2.45) is 5.92 Å². The van der Waals surface area contributed by atoms with Crippen molar-refractivity contribution in [3.8, 4) is 0 Å². The van der Waals surface area contributed by atoms with Crippen molar-refractivity contribution < 1.29 is 9.53 Å². The molecule has 3 nitrogen and oxygen atoms in total. The molecule has 0 bridgehead atoms. The second-order valence-corrected chi connectivity index (χ2v) is 4.62. The first kappa shape index (κ1) is 14.4. The molecule has 0 aliphatic rings. The van der Waals surface area contributed by atoms with Gasteiger partial charge in [-0.25, -0.2) is 0 Å². The predicted molar refractivity (Wildman–Crippen MR) is 62.8 cm³/mol. The summed E-state index contributed by atoms with van der Waals surface area (Å²) in [7, 11) is 0. The molecule has 90 valence electrons. The molecule has 0 saturated heterocycles. The van der Waals surface area contributed by atoms with E-state index in [2.05, 4.69) is 33.0 Å². The molecule has 0 aromatic rings. The maximum Gasteiger partial charge on any atom is 0.307 e. The molecule has 0 amide bonds. The highest BCUT2D eigenvalue weighted by Crippen LogP contribution is 2.03. The highest BCUT2D eigenvalue weighted by molar-refractivity contribution is 5.69. The molecule has 0 aromatic carbocycles. The minimum atomic E-state index is -0.0908. The predicted octanol–water partition coefficient (Wildman–Crippen LogP) is 2.35. The third-order valence-electron chi connectivity index (χ3n) is 2.07. The van der Waals surface area contributed by atoms with Gasteiger partial charge in [-0.05, 0) is 18.8 Å². The second-order valence-electron chi connectivity index (χ2n) is 4.62. The Morgan fingerprint density at radius 2 is 1.93 bits per heavy atom. The normalized spacial score (nSPS) is 11.1. The lowest BCUT2D eigenvalue weighted by molar-refractivity contribution is -0.143. The van der Waals surface area contributed by atoms with Crippen LogP contribution in [-0.2, 0) is 9.53 Å². The zero-order valence-corrected chi connectivity index (χ0v) is 10.5. The molecule has 0 unspecified atom stereocenters. The van der Waals surface area contributed by atoms with E-state index < -0.39 is 0 Å². The summed E-state index contributed by atoms with van der Waals surface area (Å²) in [5, 5.41) is 3.18. The standard InChI is InChI=1S/C12H25NO2/c1-10(2)6-5-9-15-12(14)7-8-13-11(3)4/h10-11,13H,5-9H2,1-4H3. The molecule has 1 N–H and O–H groups in total. The molecule has 0 rings (SSSR count). The van der Waals surface area contributed by atoms with Crippen molar-refractivity contribution in [1.82, 2.24) is 5.32 Å². The molecule has 0 aliphatic carbocycles. The number of ether oxygens (including phenoxy) is 1. The number of carbonyl (C=O) groups excluding carboxylic acids is 1. The number of esters is 1. The first-order chi connectivity index (χ1) is 7.02. The molecule has 0 spiro atoms. The number of hydrogen-bond donors (Lipinski definition) is 1. The molecule has 0 fully saturated rings. The van der Waals surface area contributed by atoms with Gasteiger partial charge in [-0.15, -0.1) is 0 Å². The van der Waals surface area contributed by atoms with Gasteiger partial charge in [0.2, 0.25) is 0 Å². The SMILES string of the molecule is CC(C)CCCOC(=O)CCNC(C)C. The van der Waals surface area contributed by atoms with Crippen molar-refractivity contribution in [3.05, 3.63) is 0 Å². The van der Waals surface area contributed by atoms with E-state index in [0.29, 0.717) is 31.5 Å². The summed E-state index contributed by atoms with van der Waals surface area (Å²) >= 11 is 0. The van der Waals surface area contributed by atoms with Crippen LogP contribution < -0.4 is 5.32 Å². The molecule has 15 heavy (non-hydrogen) atoms. The van der Waals surface area contributed by atoms with Crippen LogP contribution in [0.2, 0.25) is 0 Å². The fourth-order valence-corrected chi connectivity index (χ4v) is 1.21. The van der Waals surface area contributed by atoms with Crippen LogP contribution in [0.3, 0.4) is 0 Å². The summed E-state index contributed by atoms with van der Waals surface area (Å²) in [5.74, 6) is 0.596. The summed E-state index contributed by atoms with van der Waals surface area (Å²) in [5.41, 5.74) is 0. The molecule has 0 radical (unpaired) electrons. The zero-order chi connectivity index (χ0) is 11.7. The van der Waals surface area contributed by atoms with Gasteiger partial charge in [0, 0.05) is 12.6 Å². The van der Waals surface area contributed by atoms with E-state index in [4.69, 9.17) is 4.74 Å². The van der Waals surface area contributed by atoms with Gasteiger partial charge in [0.15, 0.2) is 0 Å². The quantitative estimate of drug-likeness (QED) is 0.499. The van der Waals surface area contributed by atoms with Crippen LogP contribution in [0, 0.1) is 5.92 Å². The fourth-order valence-electron chi connectivity index (χ4n) is 1.21. The molecule has 0 aromatic heterocycles. The van der Waals surface area contributed by atoms with Crippen LogP contribution >= 0.6 is 0 Å². The van der Waals surface area contributed by atoms with Gasteiger partial charge >= 0.3 is 5.97 Å². The minimum absolute atomic E-state index is 0.0908. The Morgan fingerprint density at radius 3 is 2.47 bits per heavy atom. The number of hydrogen-bond acceptors (Lipinski definition) is 3. The summed E-state index contributed by atoms with van der Waals surface area (Å²) < 4.78 is 5.10. The topological polar surface area (TPSA) is 38.3 Å². The van der Waals surface area contributed by atoms with E-state index in [1.165, 1.54) is 0 Å². The Labute approximate surface area is 93.6 Å². The Kier molecular flexibility index (Phi) is 8.38. The van der Waals surface area contributed by atoms with Crippen LogP contribution in [0.15, 0.2) is 0 Å². The van der Waals surface area contributed by atoms with Gasteiger partial charge in [-0.3, -0.25) is 4.79 Å². The lowest BCUT2D eigenvalue weighted by atomic mass is 10.1. The average Bonchev–Trinajstić information content (AvgIpc) is 2.11. The third kappa shape index (κ3) is 11.4. The fraction of sp³-hybridized carbons (Fsp3) is 0.917. The minimum Gasteiger partial charge on any atom is -0.466 e. The molecule has 0 aliphatic heterocycles. The smallest absolute Gasteiger partial charge is 0.307 e. The van der Waals surface area contributed by atoms with Crippen molar-refractivity contribution in [3.63, 3.8) is 0 Å². The molecule has 0 saturated carbocycles. The Balaban J connectivity index is 3.26. The number of rotatable bonds is 8. The monoisotopic (exact) mass is 215 g/mol. The van der Waals surface area contributed by atoms with E-state index in [1.54, 1.807) is 0 Å². The van der Waals surface area contributed by atoms with Gasteiger partial charge in [0.25, 0.3) is 0 Å². The van der Waals surface area contributed by atoms with E-state index >= 15 is 0 Å². The van der Waals surface area contributed by atoms with Crippen molar-refractivity contribution in [2.45, 2.75) is 53.0 Å². The highest BCUT2D eigenvalue weighted by Gasteiger charge is 2.03. The molecule has 0 atom stereocenters. The van der Waals surface area contributed by atoms with E-state index in [9.17, 15) is 4.79 Å². The first-order valence-electron chi connectivity index (χ1n) is 5.91. The van der Waals surface area contributed by atoms with Gasteiger partial charge < -0.3 is 10.1 Å². The van der Waals surface area contributed by atoms with Crippen LogP contribution in [0.25, 0.3) is 0 Å². The summed E-state index contributed by atoms with van der Waals surface area (Å²) in [4.78, 5) is 11.2. The highest BCUT2D eigenvalue weighted by atomic mass is 16.5. The van der Waals surface area contributed by atoms with Crippen molar-refractivity contribution >= 4 is 5.97 Å². The molecule has 0 heterocycles. The van der Waals surface area contributed by atoms with Crippen molar-refractivity contribution in [1.29, 1.82) is 0 Å². The maximum atomic E-state index is 11.2. The summed E-state index contributed by atoms with van der Waals surface area (Å²) in [6.45, 7) is 9.75. The Bertz CT molecular complexity index is 167. The third-order valence-corrected chi connectivity index (χ3v) is 2.07. The lowest BCUT2D eigenvalue weighted by Gasteiger charge is -2.08. The van der Waals surface area contributed by atoms with E-state index in [0.717, 1.165) is 12.8 Å². The first-order valence-corrected chi connectivity index (χ1v) is 5.91. The average molecular weight is 215 g/mol. The van der Waals surface area contributed by atoms with Gasteiger partial charge in [-0.1, -0.05) is 27.7 Å². The van der Waals surface area contributed by atoms with Gasteiger partial charge in [0.05, 0.1) is 13.0 Å². The van der Waals surface area contributed by atoms with Gasteiger partial charge in [0.1, 0.15) is 0 Å². The molecular formula is C12H25NO2. The van der Waals surface area contributed by atoms with E-state index in [1.807, 2.05) is 0 Å². The van der Waals surface area contributed by atoms with Crippen molar-refractivity contribution in [2.75, 3.05) is 13.2 Å². The second kappa shape index (κ2) is 8.72. The van der Waals surface area contributed by atoms with Gasteiger partial charge in [-0.2, -0.15) is 0 Å². The number of carbonyl (C=O) groups is 1.